The topological polar surface area (TPSA) is 84.4 Å². The number of fused-ring (bicyclic) bond motifs is 1. The van der Waals surface area contributed by atoms with Gasteiger partial charge in [0.1, 0.15) is 17.0 Å². The number of amides is 2. The van der Waals surface area contributed by atoms with Crippen LogP contribution in [0.2, 0.25) is 0 Å². The van der Waals surface area contributed by atoms with Crippen LogP contribution in [0.3, 0.4) is 0 Å². The monoisotopic (exact) mass is 516 g/mol. The van der Waals surface area contributed by atoms with Crippen molar-refractivity contribution in [3.63, 3.8) is 0 Å². The van der Waals surface area contributed by atoms with Crippen LogP contribution >= 0.6 is 11.3 Å². The molecule has 1 saturated carbocycles. The number of carbonyl (C=O) groups excluding carboxylic acids is 2. The van der Waals surface area contributed by atoms with E-state index >= 15 is 0 Å². The van der Waals surface area contributed by atoms with Gasteiger partial charge in [0.25, 0.3) is 5.91 Å². The van der Waals surface area contributed by atoms with Gasteiger partial charge in [0.15, 0.2) is 5.75 Å². The van der Waals surface area contributed by atoms with Crippen molar-refractivity contribution >= 4 is 34.2 Å². The summed E-state index contributed by atoms with van der Waals surface area (Å²) in [4.78, 5) is 37.9. The highest BCUT2D eigenvalue weighted by atomic mass is 32.1. The maximum Gasteiger partial charge on any atom is 0.412 e. The summed E-state index contributed by atoms with van der Waals surface area (Å²) in [5, 5.41) is 4.66. The Morgan fingerprint density at radius 2 is 1.89 bits per heavy atom. The number of halogens is 1. The van der Waals surface area contributed by atoms with Crippen LogP contribution in [-0.2, 0) is 0 Å². The number of nitrogens with one attached hydrogen (secondary N) is 1. The molecule has 9 heteroatoms. The van der Waals surface area contributed by atoms with Crippen LogP contribution in [0.15, 0.2) is 60.8 Å². The number of ether oxygens (including phenoxy) is 1. The number of hydrogen-bond donors (Lipinski definition) is 1. The molecule has 2 aliphatic rings. The van der Waals surface area contributed by atoms with E-state index in [1.807, 2.05) is 24.3 Å². The molecule has 2 fully saturated rings. The molecule has 1 aliphatic carbocycles. The highest BCUT2D eigenvalue weighted by Gasteiger charge is 2.35. The smallest absolute Gasteiger partial charge is 0.408 e. The molecule has 3 heterocycles. The molecule has 6 rings (SSSR count). The summed E-state index contributed by atoms with van der Waals surface area (Å²) in [5.74, 6) is 0.313. The van der Waals surface area contributed by atoms with E-state index in [0.29, 0.717) is 29.4 Å². The molecule has 2 amide bonds. The van der Waals surface area contributed by atoms with Gasteiger partial charge in [-0.25, -0.2) is 14.2 Å². The van der Waals surface area contributed by atoms with E-state index in [9.17, 15) is 14.0 Å². The van der Waals surface area contributed by atoms with Gasteiger partial charge in [-0.1, -0.05) is 30.3 Å². The van der Waals surface area contributed by atoms with E-state index in [2.05, 4.69) is 10.3 Å². The van der Waals surface area contributed by atoms with Crippen LogP contribution in [0.25, 0.3) is 21.3 Å². The van der Waals surface area contributed by atoms with Crippen LogP contribution in [0.5, 0.6) is 5.75 Å². The molecule has 1 atom stereocenters. The molecule has 0 unspecified atom stereocenters. The molecular formula is C28H25FN4O3S. The summed E-state index contributed by atoms with van der Waals surface area (Å²) in [6, 6.07) is 15.2. The van der Waals surface area contributed by atoms with Crippen molar-refractivity contribution in [1.29, 1.82) is 0 Å². The number of rotatable bonds is 6. The molecule has 2 aromatic heterocycles. The van der Waals surface area contributed by atoms with Crippen LogP contribution in [0.4, 0.5) is 9.18 Å². The first kappa shape index (κ1) is 23.5. The van der Waals surface area contributed by atoms with Crippen molar-refractivity contribution in [2.75, 3.05) is 13.1 Å². The molecule has 4 aromatic rings. The molecule has 1 saturated heterocycles. The van der Waals surface area contributed by atoms with Crippen LogP contribution < -0.4 is 10.1 Å². The van der Waals surface area contributed by atoms with E-state index in [4.69, 9.17) is 9.72 Å². The lowest BCUT2D eigenvalue weighted by Crippen LogP contribution is -2.44. The zero-order valence-electron chi connectivity index (χ0n) is 20.0. The fourth-order valence-electron chi connectivity index (χ4n) is 4.73. The van der Waals surface area contributed by atoms with Crippen molar-refractivity contribution in [3.8, 4) is 16.2 Å². The maximum atomic E-state index is 13.7. The summed E-state index contributed by atoms with van der Waals surface area (Å²) in [5.41, 5.74) is 1.81. The highest BCUT2D eigenvalue weighted by molar-refractivity contribution is 7.15. The molecule has 37 heavy (non-hydrogen) atoms. The van der Waals surface area contributed by atoms with Gasteiger partial charge in [-0.2, -0.15) is 0 Å². The molecule has 7 nitrogen and oxygen atoms in total. The minimum Gasteiger partial charge on any atom is -0.408 e. The number of pyridine rings is 1. The van der Waals surface area contributed by atoms with Gasteiger partial charge in [0.05, 0.1) is 9.88 Å². The third-order valence-electron chi connectivity index (χ3n) is 6.80. The Morgan fingerprint density at radius 3 is 2.70 bits per heavy atom. The predicted molar refractivity (Wildman–Crippen MR) is 139 cm³/mol. The van der Waals surface area contributed by atoms with E-state index in [-0.39, 0.29) is 24.3 Å². The van der Waals surface area contributed by atoms with Gasteiger partial charge in [-0.05, 0) is 55.5 Å². The second-order valence-electron chi connectivity index (χ2n) is 9.41. The number of aromatic nitrogens is 2. The first-order valence-electron chi connectivity index (χ1n) is 12.4. The van der Waals surface area contributed by atoms with Gasteiger partial charge < -0.3 is 15.0 Å². The van der Waals surface area contributed by atoms with Crippen molar-refractivity contribution in [2.24, 2.45) is 0 Å². The molecule has 0 bridgehead atoms. The normalized spacial score (nSPS) is 17.2. The molecule has 2 aromatic carbocycles. The summed E-state index contributed by atoms with van der Waals surface area (Å²) in [6.45, 7) is 0.862. The fraction of sp³-hybridized carbons (Fsp3) is 0.286. The Labute approximate surface area is 217 Å². The Hall–Kier alpha value is -3.85. The SMILES string of the molecule is O=C(NC[C@@H]1CCCN1C(=O)c1nc(C2CC2)sc1-c1ccc(F)cc1)Oc1cccc2cccnc12. The molecule has 0 radical (unpaired) electrons. The number of hydrogen-bond acceptors (Lipinski definition) is 6. The summed E-state index contributed by atoms with van der Waals surface area (Å²) in [7, 11) is 0. The second-order valence-corrected chi connectivity index (χ2v) is 10.4. The van der Waals surface area contributed by atoms with E-state index in [1.54, 1.807) is 29.3 Å². The summed E-state index contributed by atoms with van der Waals surface area (Å²) < 4.78 is 19.1. The van der Waals surface area contributed by atoms with Gasteiger partial charge >= 0.3 is 6.09 Å². The van der Waals surface area contributed by atoms with E-state index in [1.165, 1.54) is 23.5 Å². The number of nitrogens with zero attached hydrogens (tertiary/aromatic N) is 3. The molecule has 0 spiro atoms. The van der Waals surface area contributed by atoms with Crippen LogP contribution in [-0.4, -0.2) is 46.0 Å². The first-order chi connectivity index (χ1) is 18.1. The molecule has 1 N–H and O–H groups in total. The Kier molecular flexibility index (Phi) is 6.30. The predicted octanol–water partition coefficient (Wildman–Crippen LogP) is 5.77. The number of thiazole rings is 1. The number of benzene rings is 2. The van der Waals surface area contributed by atoms with Crippen molar-refractivity contribution < 1.29 is 18.7 Å². The van der Waals surface area contributed by atoms with E-state index in [0.717, 1.165) is 46.5 Å². The van der Waals surface area contributed by atoms with Crippen LogP contribution in [0.1, 0.15) is 47.1 Å². The number of likely N-dealkylation sites (tertiary alicyclic amines) is 1. The Balaban J connectivity index is 1.17. The lowest BCUT2D eigenvalue weighted by Gasteiger charge is -2.24. The van der Waals surface area contributed by atoms with Crippen molar-refractivity contribution in [2.45, 2.75) is 37.6 Å². The Morgan fingerprint density at radius 1 is 1.08 bits per heavy atom. The minimum absolute atomic E-state index is 0.154. The fourth-order valence-corrected chi connectivity index (χ4v) is 5.96. The van der Waals surface area contributed by atoms with E-state index < -0.39 is 6.09 Å². The maximum absolute atomic E-state index is 13.7. The molecular weight excluding hydrogens is 491 g/mol. The molecule has 1 aliphatic heterocycles. The molecule has 188 valence electrons. The standard InChI is InChI=1S/C28H25FN4O3S/c29-20-12-10-18(11-13-20)25-24(32-26(37-25)19-8-9-19)27(34)33-15-3-6-21(33)16-31-28(35)36-22-7-1-4-17-5-2-14-30-23(17)22/h1-2,4-5,7,10-14,19,21H,3,6,8-9,15-16H2,(H,31,35)/t21-/m0/s1. The summed E-state index contributed by atoms with van der Waals surface area (Å²) in [6.07, 6.45) is 4.83. The van der Waals surface area contributed by atoms with Gasteiger partial charge in [-0.3, -0.25) is 9.78 Å². The van der Waals surface area contributed by atoms with Crippen molar-refractivity contribution in [1.82, 2.24) is 20.2 Å². The first-order valence-corrected chi connectivity index (χ1v) is 13.3. The average Bonchev–Trinajstić information content (AvgIpc) is 3.49. The quantitative estimate of drug-likeness (QED) is 0.352. The second kappa shape index (κ2) is 9.89. The van der Waals surface area contributed by atoms with Gasteiger partial charge in [0.2, 0.25) is 0 Å². The average molecular weight is 517 g/mol. The third kappa shape index (κ3) is 4.91. The van der Waals surface area contributed by atoms with Gasteiger partial charge in [0, 0.05) is 36.6 Å². The Bertz CT molecular complexity index is 1460. The minimum atomic E-state index is -0.589. The number of carbonyl (C=O) groups is 2. The zero-order chi connectivity index (χ0) is 25.4. The van der Waals surface area contributed by atoms with Crippen molar-refractivity contribution in [3.05, 3.63) is 77.3 Å². The third-order valence-corrected chi connectivity index (χ3v) is 8.06. The zero-order valence-corrected chi connectivity index (χ0v) is 20.8. The number of para-hydroxylation sites is 1. The van der Waals surface area contributed by atoms with Gasteiger partial charge in [-0.15, -0.1) is 11.3 Å². The lowest BCUT2D eigenvalue weighted by molar-refractivity contribution is 0.0730. The van der Waals surface area contributed by atoms with Crippen LogP contribution in [0, 0.1) is 5.82 Å². The lowest BCUT2D eigenvalue weighted by atomic mass is 10.1. The summed E-state index contributed by atoms with van der Waals surface area (Å²) >= 11 is 1.52. The largest absolute Gasteiger partial charge is 0.412 e. The highest BCUT2D eigenvalue weighted by Crippen LogP contribution is 2.45.